The highest BCUT2D eigenvalue weighted by Crippen LogP contribution is 2.35. The van der Waals surface area contributed by atoms with Gasteiger partial charge in [0, 0.05) is 12.1 Å². The minimum Gasteiger partial charge on any atom is -0.327 e. The van der Waals surface area contributed by atoms with E-state index in [1.165, 1.54) is 24.8 Å². The van der Waals surface area contributed by atoms with Gasteiger partial charge in [0.1, 0.15) is 0 Å². The third kappa shape index (κ3) is 1.29. The number of allylic oxidation sites excluding steroid dienone is 1. The zero-order valence-electron chi connectivity index (χ0n) is 7.50. The van der Waals surface area contributed by atoms with Crippen LogP contribution in [-0.4, -0.2) is 12.1 Å². The molecule has 68 valence electrons. The summed E-state index contributed by atoms with van der Waals surface area (Å²) in [6.07, 6.45) is 8.31. The minimum absolute atomic E-state index is 0.315. The van der Waals surface area contributed by atoms with Crippen molar-refractivity contribution in [3.8, 4) is 0 Å². The molecule has 0 amide bonds. The highest BCUT2D eigenvalue weighted by molar-refractivity contribution is 5.21. The monoisotopic (exact) mass is 166 g/mol. The van der Waals surface area contributed by atoms with Crippen molar-refractivity contribution < 1.29 is 0 Å². The summed E-state index contributed by atoms with van der Waals surface area (Å²) in [6, 6.07) is 0.700. The molecule has 0 aromatic carbocycles. The Kier molecular flexibility index (Phi) is 2.20. The van der Waals surface area contributed by atoms with E-state index >= 15 is 0 Å². The molecule has 0 radical (unpaired) electrons. The Balaban J connectivity index is 2.19. The Morgan fingerprint density at radius 1 is 1.17 bits per heavy atom. The van der Waals surface area contributed by atoms with Gasteiger partial charge in [-0.25, -0.2) is 0 Å². The van der Waals surface area contributed by atoms with E-state index in [-0.39, 0.29) is 0 Å². The molecule has 2 nitrogen and oxygen atoms in total. The van der Waals surface area contributed by atoms with Gasteiger partial charge in [-0.1, -0.05) is 11.6 Å². The molecule has 2 heteroatoms. The van der Waals surface area contributed by atoms with Crippen LogP contribution in [0.15, 0.2) is 11.6 Å². The summed E-state index contributed by atoms with van der Waals surface area (Å²) in [4.78, 5) is 0. The molecule has 1 saturated carbocycles. The van der Waals surface area contributed by atoms with Crippen LogP contribution in [0.25, 0.3) is 0 Å². The zero-order chi connectivity index (χ0) is 8.55. The molecule has 0 aromatic heterocycles. The molecule has 0 saturated heterocycles. The molecular formula is C10H18N2. The molecule has 3 atom stereocenters. The minimum atomic E-state index is 0.315. The maximum Gasteiger partial charge on any atom is 0.0257 e. The largest absolute Gasteiger partial charge is 0.327 e. The first-order valence-corrected chi connectivity index (χ1v) is 5.00. The summed E-state index contributed by atoms with van der Waals surface area (Å²) in [5.41, 5.74) is 13.5. The second-order valence-electron chi connectivity index (χ2n) is 4.09. The standard InChI is InChI=1S/C10H18N2/c11-9-5-6-10(12)8-4-2-1-3-7(8)9/h3,8-10H,1-2,4-6,11-12H2. The molecule has 0 bridgehead atoms. The van der Waals surface area contributed by atoms with E-state index in [4.69, 9.17) is 11.5 Å². The van der Waals surface area contributed by atoms with E-state index < -0.39 is 0 Å². The molecule has 3 unspecified atom stereocenters. The molecule has 2 aliphatic carbocycles. The van der Waals surface area contributed by atoms with Crippen LogP contribution in [0, 0.1) is 5.92 Å². The van der Waals surface area contributed by atoms with Crippen LogP contribution < -0.4 is 11.5 Å². The Morgan fingerprint density at radius 3 is 2.75 bits per heavy atom. The van der Waals surface area contributed by atoms with Crippen LogP contribution in [0.4, 0.5) is 0 Å². The normalized spacial score (nSPS) is 41.8. The van der Waals surface area contributed by atoms with Crippen molar-refractivity contribution in [1.82, 2.24) is 0 Å². The lowest BCUT2D eigenvalue weighted by Crippen LogP contribution is -2.44. The van der Waals surface area contributed by atoms with E-state index in [0.717, 1.165) is 12.8 Å². The predicted molar refractivity (Wildman–Crippen MR) is 50.6 cm³/mol. The van der Waals surface area contributed by atoms with E-state index in [9.17, 15) is 0 Å². The number of rotatable bonds is 0. The van der Waals surface area contributed by atoms with Gasteiger partial charge >= 0.3 is 0 Å². The summed E-state index contributed by atoms with van der Waals surface area (Å²) in [5, 5.41) is 0. The lowest BCUT2D eigenvalue weighted by atomic mass is 9.73. The van der Waals surface area contributed by atoms with Crippen molar-refractivity contribution in [2.75, 3.05) is 0 Å². The van der Waals surface area contributed by atoms with Crippen LogP contribution in [0.3, 0.4) is 0 Å². The first-order valence-electron chi connectivity index (χ1n) is 5.00. The number of hydrogen-bond acceptors (Lipinski definition) is 2. The van der Waals surface area contributed by atoms with Crippen molar-refractivity contribution >= 4 is 0 Å². The summed E-state index contributed by atoms with van der Waals surface area (Å²) in [7, 11) is 0. The van der Waals surface area contributed by atoms with Gasteiger partial charge in [0.25, 0.3) is 0 Å². The van der Waals surface area contributed by atoms with Gasteiger partial charge in [0.2, 0.25) is 0 Å². The second kappa shape index (κ2) is 3.19. The molecular weight excluding hydrogens is 148 g/mol. The summed E-state index contributed by atoms with van der Waals surface area (Å²) in [6.45, 7) is 0. The van der Waals surface area contributed by atoms with Gasteiger partial charge in [-0.05, 0) is 38.0 Å². The topological polar surface area (TPSA) is 52.0 Å². The van der Waals surface area contributed by atoms with Crippen LogP contribution >= 0.6 is 0 Å². The number of fused-ring (bicyclic) bond motifs is 1. The third-order valence-electron chi connectivity index (χ3n) is 3.28. The molecule has 0 spiro atoms. The number of hydrogen-bond donors (Lipinski definition) is 2. The van der Waals surface area contributed by atoms with Crippen LogP contribution in [0.5, 0.6) is 0 Å². The smallest absolute Gasteiger partial charge is 0.0257 e. The maximum atomic E-state index is 6.06. The zero-order valence-corrected chi connectivity index (χ0v) is 7.50. The van der Waals surface area contributed by atoms with E-state index in [0.29, 0.717) is 18.0 Å². The quantitative estimate of drug-likeness (QED) is 0.531. The van der Waals surface area contributed by atoms with Crippen LogP contribution in [-0.2, 0) is 0 Å². The van der Waals surface area contributed by atoms with Crippen molar-refractivity contribution in [3.63, 3.8) is 0 Å². The Morgan fingerprint density at radius 2 is 2.00 bits per heavy atom. The van der Waals surface area contributed by atoms with E-state index in [1.807, 2.05) is 0 Å². The van der Waals surface area contributed by atoms with Crippen molar-refractivity contribution in [2.45, 2.75) is 44.2 Å². The molecule has 0 heterocycles. The van der Waals surface area contributed by atoms with E-state index in [1.54, 1.807) is 0 Å². The molecule has 0 aromatic rings. The average Bonchev–Trinajstić information content (AvgIpc) is 2.12. The molecule has 12 heavy (non-hydrogen) atoms. The highest BCUT2D eigenvalue weighted by atomic mass is 14.7. The van der Waals surface area contributed by atoms with Crippen LogP contribution in [0.1, 0.15) is 32.1 Å². The predicted octanol–water partition coefficient (Wildman–Crippen LogP) is 1.16. The van der Waals surface area contributed by atoms with Crippen molar-refractivity contribution in [3.05, 3.63) is 11.6 Å². The Bertz CT molecular complexity index is 198. The Hall–Kier alpha value is -0.340. The average molecular weight is 166 g/mol. The van der Waals surface area contributed by atoms with Crippen molar-refractivity contribution in [2.24, 2.45) is 17.4 Å². The highest BCUT2D eigenvalue weighted by Gasteiger charge is 2.31. The fourth-order valence-corrected chi connectivity index (χ4v) is 2.55. The van der Waals surface area contributed by atoms with Gasteiger partial charge in [-0.15, -0.1) is 0 Å². The first kappa shape index (κ1) is 8.27. The van der Waals surface area contributed by atoms with Gasteiger partial charge < -0.3 is 11.5 Å². The SMILES string of the molecule is NC1CCC(N)C2CCCC=C12. The van der Waals surface area contributed by atoms with Gasteiger partial charge in [-0.2, -0.15) is 0 Å². The van der Waals surface area contributed by atoms with E-state index in [2.05, 4.69) is 6.08 Å². The molecule has 2 aliphatic rings. The second-order valence-corrected chi connectivity index (χ2v) is 4.09. The molecule has 4 N–H and O–H groups in total. The summed E-state index contributed by atoms with van der Waals surface area (Å²) < 4.78 is 0. The lowest BCUT2D eigenvalue weighted by Gasteiger charge is -2.37. The maximum absolute atomic E-state index is 6.06. The van der Waals surface area contributed by atoms with Crippen LogP contribution in [0.2, 0.25) is 0 Å². The number of nitrogens with two attached hydrogens (primary N) is 2. The van der Waals surface area contributed by atoms with Gasteiger partial charge in [-0.3, -0.25) is 0 Å². The lowest BCUT2D eigenvalue weighted by molar-refractivity contribution is 0.328. The summed E-state index contributed by atoms with van der Waals surface area (Å²) >= 11 is 0. The fraction of sp³-hybridized carbons (Fsp3) is 0.800. The van der Waals surface area contributed by atoms with Crippen molar-refractivity contribution in [1.29, 1.82) is 0 Å². The molecule has 1 fully saturated rings. The van der Waals surface area contributed by atoms with Gasteiger partial charge in [0.15, 0.2) is 0 Å². The first-order chi connectivity index (χ1) is 5.79. The molecule has 0 aliphatic heterocycles. The Labute approximate surface area is 74.0 Å². The van der Waals surface area contributed by atoms with Gasteiger partial charge in [0.05, 0.1) is 0 Å². The summed E-state index contributed by atoms with van der Waals surface area (Å²) in [5.74, 6) is 0.613. The third-order valence-corrected chi connectivity index (χ3v) is 3.28. The fourth-order valence-electron chi connectivity index (χ4n) is 2.55. The molecule has 2 rings (SSSR count).